The number of carbonyl (C=O) groups excluding carboxylic acids is 2. The molecule has 0 spiro atoms. The van der Waals surface area contributed by atoms with E-state index in [0.29, 0.717) is 24.4 Å². The standard InChI is InChI=1S/C12H20N4O3/c1-8(11(17)14-2)5-16(3)6-10-4-9(7-19-10)12(18)15-13/h4,7-8H,5-6,13H2,1-3H3,(H,14,17)(H,15,18). The molecule has 0 radical (unpaired) electrons. The van der Waals surface area contributed by atoms with Gasteiger partial charge in [-0.15, -0.1) is 0 Å². The maximum absolute atomic E-state index is 11.4. The number of hydrazine groups is 1. The highest BCUT2D eigenvalue weighted by Crippen LogP contribution is 2.11. The second kappa shape index (κ2) is 6.91. The van der Waals surface area contributed by atoms with Crippen molar-refractivity contribution < 1.29 is 14.0 Å². The molecule has 4 N–H and O–H groups in total. The van der Waals surface area contributed by atoms with Crippen molar-refractivity contribution in [2.45, 2.75) is 13.5 Å². The van der Waals surface area contributed by atoms with E-state index < -0.39 is 5.91 Å². The van der Waals surface area contributed by atoms with Crippen LogP contribution in [0.2, 0.25) is 0 Å². The third-order valence-electron chi connectivity index (χ3n) is 2.75. The van der Waals surface area contributed by atoms with Gasteiger partial charge in [-0.3, -0.25) is 19.9 Å². The summed E-state index contributed by atoms with van der Waals surface area (Å²) >= 11 is 0. The topological polar surface area (TPSA) is 101 Å². The molecule has 0 bridgehead atoms. The van der Waals surface area contributed by atoms with E-state index in [1.807, 2.05) is 24.3 Å². The number of nitrogens with zero attached hydrogens (tertiary/aromatic N) is 1. The van der Waals surface area contributed by atoms with E-state index in [9.17, 15) is 9.59 Å². The molecule has 0 aliphatic heterocycles. The van der Waals surface area contributed by atoms with Gasteiger partial charge in [0, 0.05) is 19.5 Å². The molecule has 0 saturated heterocycles. The van der Waals surface area contributed by atoms with Crippen LogP contribution in [0.4, 0.5) is 0 Å². The zero-order valence-corrected chi connectivity index (χ0v) is 11.4. The Balaban J connectivity index is 2.52. The molecule has 1 aromatic heterocycles. The lowest BCUT2D eigenvalue weighted by Crippen LogP contribution is -2.34. The molecule has 106 valence electrons. The highest BCUT2D eigenvalue weighted by molar-refractivity contribution is 5.93. The molecule has 7 heteroatoms. The number of hydrogen-bond donors (Lipinski definition) is 3. The van der Waals surface area contributed by atoms with Gasteiger partial charge in [0.15, 0.2) is 0 Å². The van der Waals surface area contributed by atoms with Crippen LogP contribution in [-0.4, -0.2) is 37.4 Å². The van der Waals surface area contributed by atoms with Crippen LogP contribution in [0.3, 0.4) is 0 Å². The van der Waals surface area contributed by atoms with Crippen LogP contribution in [0.15, 0.2) is 16.7 Å². The van der Waals surface area contributed by atoms with Gasteiger partial charge in [0.1, 0.15) is 12.0 Å². The summed E-state index contributed by atoms with van der Waals surface area (Å²) in [6, 6.07) is 1.63. The van der Waals surface area contributed by atoms with Crippen molar-refractivity contribution in [3.63, 3.8) is 0 Å². The maximum atomic E-state index is 11.4. The van der Waals surface area contributed by atoms with Gasteiger partial charge >= 0.3 is 0 Å². The van der Waals surface area contributed by atoms with Gasteiger partial charge in [0.25, 0.3) is 5.91 Å². The van der Waals surface area contributed by atoms with E-state index in [2.05, 4.69) is 5.32 Å². The largest absolute Gasteiger partial charge is 0.467 e. The quantitative estimate of drug-likeness (QED) is 0.373. The molecule has 0 saturated carbocycles. The maximum Gasteiger partial charge on any atom is 0.268 e. The molecule has 1 unspecified atom stereocenters. The second-order valence-corrected chi connectivity index (χ2v) is 4.49. The first-order chi connectivity index (χ1) is 8.97. The molecule has 0 aliphatic rings. The zero-order valence-electron chi connectivity index (χ0n) is 11.4. The van der Waals surface area contributed by atoms with Gasteiger partial charge in [0.05, 0.1) is 12.1 Å². The number of amides is 2. The molecule has 19 heavy (non-hydrogen) atoms. The molecular formula is C12H20N4O3. The first-order valence-corrected chi connectivity index (χ1v) is 5.96. The van der Waals surface area contributed by atoms with Crippen LogP contribution >= 0.6 is 0 Å². The molecule has 0 fully saturated rings. The van der Waals surface area contributed by atoms with Crippen molar-refractivity contribution in [3.05, 3.63) is 23.7 Å². The first-order valence-electron chi connectivity index (χ1n) is 5.96. The fraction of sp³-hybridized carbons (Fsp3) is 0.500. The average molecular weight is 268 g/mol. The SMILES string of the molecule is CNC(=O)C(C)CN(C)Cc1cc(C(=O)NN)co1. The van der Waals surface area contributed by atoms with Gasteiger partial charge in [-0.05, 0) is 13.1 Å². The summed E-state index contributed by atoms with van der Waals surface area (Å²) in [5.74, 6) is 5.17. The fourth-order valence-electron chi connectivity index (χ4n) is 1.79. The van der Waals surface area contributed by atoms with E-state index in [0.717, 1.165) is 0 Å². The van der Waals surface area contributed by atoms with Crippen molar-refractivity contribution in [2.24, 2.45) is 11.8 Å². The van der Waals surface area contributed by atoms with Gasteiger partial charge in [-0.2, -0.15) is 0 Å². The molecule has 1 atom stereocenters. The number of carbonyl (C=O) groups is 2. The van der Waals surface area contributed by atoms with Crippen LogP contribution in [-0.2, 0) is 11.3 Å². The predicted octanol–water partition coefficient (Wildman–Crippen LogP) is -0.303. The van der Waals surface area contributed by atoms with Gasteiger partial charge < -0.3 is 9.73 Å². The fourth-order valence-corrected chi connectivity index (χ4v) is 1.79. The average Bonchev–Trinajstić information content (AvgIpc) is 2.84. The summed E-state index contributed by atoms with van der Waals surface area (Å²) in [5.41, 5.74) is 2.42. The molecule has 7 nitrogen and oxygen atoms in total. The Morgan fingerprint density at radius 3 is 2.79 bits per heavy atom. The van der Waals surface area contributed by atoms with Crippen LogP contribution in [0, 0.1) is 5.92 Å². The Bertz CT molecular complexity index is 444. The van der Waals surface area contributed by atoms with Crippen LogP contribution in [0.1, 0.15) is 23.0 Å². The molecule has 0 aliphatic carbocycles. The van der Waals surface area contributed by atoms with Crippen LogP contribution in [0.25, 0.3) is 0 Å². The van der Waals surface area contributed by atoms with E-state index in [-0.39, 0.29) is 11.8 Å². The van der Waals surface area contributed by atoms with Crippen molar-refractivity contribution in [2.75, 3.05) is 20.6 Å². The number of rotatable bonds is 6. The van der Waals surface area contributed by atoms with E-state index in [1.165, 1.54) is 6.26 Å². The normalized spacial score (nSPS) is 12.3. The molecular weight excluding hydrogens is 248 g/mol. The summed E-state index contributed by atoms with van der Waals surface area (Å²) in [7, 11) is 3.49. The van der Waals surface area contributed by atoms with Crippen molar-refractivity contribution in [3.8, 4) is 0 Å². The Labute approximate surface area is 112 Å². The minimum absolute atomic E-state index is 0.00510. The lowest BCUT2D eigenvalue weighted by atomic mass is 10.1. The van der Waals surface area contributed by atoms with Crippen molar-refractivity contribution in [1.82, 2.24) is 15.6 Å². The van der Waals surface area contributed by atoms with E-state index >= 15 is 0 Å². The van der Waals surface area contributed by atoms with Gasteiger partial charge in [-0.25, -0.2) is 5.84 Å². The third kappa shape index (κ3) is 4.38. The summed E-state index contributed by atoms with van der Waals surface area (Å²) in [5, 5.41) is 2.60. The van der Waals surface area contributed by atoms with Crippen LogP contribution in [0.5, 0.6) is 0 Å². The van der Waals surface area contributed by atoms with Gasteiger partial charge in [-0.1, -0.05) is 6.92 Å². The highest BCUT2D eigenvalue weighted by atomic mass is 16.3. The number of nitrogens with one attached hydrogen (secondary N) is 2. The Kier molecular flexibility index (Phi) is 5.53. The minimum Gasteiger partial charge on any atom is -0.467 e. The molecule has 2 amide bonds. The molecule has 1 rings (SSSR count). The Morgan fingerprint density at radius 1 is 1.53 bits per heavy atom. The Morgan fingerprint density at radius 2 is 2.21 bits per heavy atom. The minimum atomic E-state index is -0.392. The van der Waals surface area contributed by atoms with E-state index in [1.54, 1.807) is 13.1 Å². The second-order valence-electron chi connectivity index (χ2n) is 4.49. The number of furan rings is 1. The lowest BCUT2D eigenvalue weighted by Gasteiger charge is -2.19. The lowest BCUT2D eigenvalue weighted by molar-refractivity contribution is -0.124. The number of hydrogen-bond acceptors (Lipinski definition) is 5. The number of nitrogen functional groups attached to an aromatic ring is 1. The Hall–Kier alpha value is -1.86. The smallest absolute Gasteiger partial charge is 0.268 e. The molecule has 1 aromatic rings. The molecule has 0 aromatic carbocycles. The monoisotopic (exact) mass is 268 g/mol. The zero-order chi connectivity index (χ0) is 14.4. The predicted molar refractivity (Wildman–Crippen MR) is 69.9 cm³/mol. The van der Waals surface area contributed by atoms with Crippen molar-refractivity contribution >= 4 is 11.8 Å². The first kappa shape index (κ1) is 15.2. The van der Waals surface area contributed by atoms with Crippen molar-refractivity contribution in [1.29, 1.82) is 0 Å². The summed E-state index contributed by atoms with van der Waals surface area (Å²) < 4.78 is 5.27. The summed E-state index contributed by atoms with van der Waals surface area (Å²) in [4.78, 5) is 24.6. The van der Waals surface area contributed by atoms with E-state index in [4.69, 9.17) is 10.3 Å². The summed E-state index contributed by atoms with van der Waals surface area (Å²) in [6.45, 7) is 2.96. The summed E-state index contributed by atoms with van der Waals surface area (Å²) in [6.07, 6.45) is 1.35. The van der Waals surface area contributed by atoms with Crippen LogP contribution < -0.4 is 16.6 Å². The third-order valence-corrected chi connectivity index (χ3v) is 2.75. The number of nitrogens with two attached hydrogens (primary N) is 1. The molecule has 1 heterocycles. The highest BCUT2D eigenvalue weighted by Gasteiger charge is 2.15. The van der Waals surface area contributed by atoms with Gasteiger partial charge in [0.2, 0.25) is 5.91 Å².